The lowest BCUT2D eigenvalue weighted by molar-refractivity contribution is -0.380. The highest BCUT2D eigenvalue weighted by Crippen LogP contribution is 2.29. The van der Waals surface area contributed by atoms with Gasteiger partial charge in [-0.15, -0.1) is 6.58 Å². The highest BCUT2D eigenvalue weighted by Gasteiger charge is 2.13. The monoisotopic (exact) mass is 212 g/mol. The van der Waals surface area contributed by atoms with Gasteiger partial charge in [-0.2, -0.15) is 0 Å². The molecule has 1 heterocycles. The number of nitrogens with zero attached hydrogens (tertiary/aromatic N) is 1. The zero-order chi connectivity index (χ0) is 10.6. The van der Waals surface area contributed by atoms with Crippen LogP contribution in [-0.2, 0) is 0 Å². The fourth-order valence-electron chi connectivity index (χ4n) is 1.08. The molecule has 0 saturated carbocycles. The van der Waals surface area contributed by atoms with Crippen molar-refractivity contribution in [3.05, 3.63) is 39.8 Å². The fraction of sp³-hybridized carbons (Fsp3) is 0.333. The Hall–Kier alpha value is -1.20. The second-order valence-corrected chi connectivity index (χ2v) is 4.00. The summed E-state index contributed by atoms with van der Waals surface area (Å²) in [6.45, 7) is 3.60. The molecule has 0 bridgehead atoms. The van der Waals surface area contributed by atoms with E-state index in [0.29, 0.717) is 0 Å². The predicted octanol–water partition coefficient (Wildman–Crippen LogP) is 2.62. The van der Waals surface area contributed by atoms with E-state index in [1.807, 2.05) is 0 Å². The van der Waals surface area contributed by atoms with Crippen LogP contribution in [0.1, 0.15) is 23.8 Å². The number of hydrogen-bond donors (Lipinski definition) is 1. The second kappa shape index (κ2) is 4.88. The van der Waals surface area contributed by atoms with Crippen LogP contribution in [0.15, 0.2) is 24.8 Å². The summed E-state index contributed by atoms with van der Waals surface area (Å²) in [5.41, 5.74) is 5.83. The van der Waals surface area contributed by atoms with E-state index in [1.165, 1.54) is 6.07 Å². The van der Waals surface area contributed by atoms with Crippen molar-refractivity contribution < 1.29 is 4.92 Å². The molecule has 2 N–H and O–H groups in total. The van der Waals surface area contributed by atoms with Crippen LogP contribution in [0.5, 0.6) is 0 Å². The highest BCUT2D eigenvalue weighted by molar-refractivity contribution is 7.15. The van der Waals surface area contributed by atoms with Gasteiger partial charge in [0.05, 0.1) is 4.92 Å². The molecule has 0 amide bonds. The molecule has 0 saturated heterocycles. The Morgan fingerprint density at radius 2 is 2.43 bits per heavy atom. The number of allylic oxidation sites excluding steroid dienone is 1. The van der Waals surface area contributed by atoms with Crippen molar-refractivity contribution in [2.75, 3.05) is 0 Å². The molecule has 0 aromatic carbocycles. The summed E-state index contributed by atoms with van der Waals surface area (Å²) in [6, 6.07) is 3.09. The zero-order valence-corrected chi connectivity index (χ0v) is 8.50. The van der Waals surface area contributed by atoms with Crippen molar-refractivity contribution in [2.45, 2.75) is 18.9 Å². The van der Waals surface area contributed by atoms with Gasteiger partial charge in [0.2, 0.25) is 0 Å². The van der Waals surface area contributed by atoms with Crippen LogP contribution in [-0.4, -0.2) is 4.92 Å². The Balaban J connectivity index is 2.66. The van der Waals surface area contributed by atoms with Gasteiger partial charge in [0, 0.05) is 17.0 Å². The molecular formula is C9H12N2O2S. The quantitative estimate of drug-likeness (QED) is 0.463. The van der Waals surface area contributed by atoms with Gasteiger partial charge in [0.1, 0.15) is 0 Å². The fourth-order valence-corrected chi connectivity index (χ4v) is 1.94. The van der Waals surface area contributed by atoms with Crippen LogP contribution in [0, 0.1) is 10.1 Å². The molecule has 4 nitrogen and oxygen atoms in total. The van der Waals surface area contributed by atoms with Crippen LogP contribution in [0.3, 0.4) is 0 Å². The average molecular weight is 212 g/mol. The van der Waals surface area contributed by atoms with Gasteiger partial charge < -0.3 is 5.73 Å². The summed E-state index contributed by atoms with van der Waals surface area (Å²) in [5, 5.41) is 10.6. The molecule has 0 aliphatic rings. The van der Waals surface area contributed by atoms with Gasteiger partial charge in [0.15, 0.2) is 0 Å². The molecule has 1 aromatic rings. The third kappa shape index (κ3) is 2.65. The average Bonchev–Trinajstić information content (AvgIpc) is 2.62. The van der Waals surface area contributed by atoms with Crippen molar-refractivity contribution in [1.82, 2.24) is 0 Å². The number of nitro groups is 1. The minimum absolute atomic E-state index is 0.119. The van der Waals surface area contributed by atoms with Crippen molar-refractivity contribution in [3.63, 3.8) is 0 Å². The van der Waals surface area contributed by atoms with Crippen molar-refractivity contribution in [3.8, 4) is 0 Å². The Bertz CT molecular complexity index is 335. The molecule has 0 fully saturated rings. The summed E-state index contributed by atoms with van der Waals surface area (Å²) in [6.07, 6.45) is 3.40. The third-order valence-corrected chi connectivity index (χ3v) is 3.01. The lowest BCUT2D eigenvalue weighted by Crippen LogP contribution is -2.07. The minimum atomic E-state index is -0.394. The summed E-state index contributed by atoms with van der Waals surface area (Å²) >= 11 is 1.14. The van der Waals surface area contributed by atoms with Gasteiger partial charge in [-0.3, -0.25) is 10.1 Å². The second-order valence-electron chi connectivity index (χ2n) is 2.91. The van der Waals surface area contributed by atoms with Crippen LogP contribution in [0.2, 0.25) is 0 Å². The van der Waals surface area contributed by atoms with Crippen molar-refractivity contribution in [2.24, 2.45) is 5.73 Å². The molecule has 14 heavy (non-hydrogen) atoms. The largest absolute Gasteiger partial charge is 0.324 e. The zero-order valence-electron chi connectivity index (χ0n) is 7.68. The Morgan fingerprint density at radius 1 is 1.71 bits per heavy atom. The lowest BCUT2D eigenvalue weighted by atomic mass is 10.1. The molecule has 1 rings (SSSR count). The summed E-state index contributed by atoms with van der Waals surface area (Å²) in [4.78, 5) is 10.9. The topological polar surface area (TPSA) is 69.2 Å². The maximum Gasteiger partial charge on any atom is 0.324 e. The predicted molar refractivity (Wildman–Crippen MR) is 57.3 cm³/mol. The molecule has 0 aliphatic heterocycles. The molecule has 76 valence electrons. The Labute approximate surface area is 86.2 Å². The first-order valence-corrected chi connectivity index (χ1v) is 5.07. The molecular weight excluding hydrogens is 200 g/mol. The minimum Gasteiger partial charge on any atom is -0.323 e. The number of rotatable bonds is 5. The first-order chi connectivity index (χ1) is 6.65. The van der Waals surface area contributed by atoms with E-state index in [0.717, 1.165) is 29.1 Å². The standard InChI is InChI=1S/C9H12N2O2S/c1-2-3-4-7(10)8-5-6-9(14-8)11(12)13/h2,5-7H,1,3-4,10H2/t7-/m0/s1. The first kappa shape index (κ1) is 10.9. The van der Waals surface area contributed by atoms with E-state index in [1.54, 1.807) is 12.1 Å². The molecule has 1 atom stereocenters. The van der Waals surface area contributed by atoms with E-state index in [2.05, 4.69) is 6.58 Å². The van der Waals surface area contributed by atoms with E-state index >= 15 is 0 Å². The van der Waals surface area contributed by atoms with Gasteiger partial charge in [-0.05, 0) is 18.9 Å². The van der Waals surface area contributed by atoms with E-state index < -0.39 is 4.92 Å². The maximum atomic E-state index is 10.4. The summed E-state index contributed by atoms with van der Waals surface area (Å²) in [5.74, 6) is 0. The Morgan fingerprint density at radius 3 is 2.93 bits per heavy atom. The molecule has 5 heteroatoms. The van der Waals surface area contributed by atoms with Gasteiger partial charge in [-0.25, -0.2) is 0 Å². The van der Waals surface area contributed by atoms with Gasteiger partial charge >= 0.3 is 5.00 Å². The molecule has 0 aliphatic carbocycles. The lowest BCUT2D eigenvalue weighted by Gasteiger charge is -2.05. The maximum absolute atomic E-state index is 10.4. The summed E-state index contributed by atoms with van der Waals surface area (Å²) < 4.78 is 0. The van der Waals surface area contributed by atoms with Crippen LogP contribution in [0.4, 0.5) is 5.00 Å². The normalized spacial score (nSPS) is 12.4. The van der Waals surface area contributed by atoms with Gasteiger partial charge in [-0.1, -0.05) is 17.4 Å². The number of hydrogen-bond acceptors (Lipinski definition) is 4. The molecule has 1 aromatic heterocycles. The van der Waals surface area contributed by atoms with Crippen LogP contribution < -0.4 is 5.73 Å². The smallest absolute Gasteiger partial charge is 0.323 e. The first-order valence-electron chi connectivity index (χ1n) is 4.25. The van der Waals surface area contributed by atoms with Gasteiger partial charge in [0.25, 0.3) is 0 Å². The molecule has 0 spiro atoms. The Kier molecular flexibility index (Phi) is 3.79. The third-order valence-electron chi connectivity index (χ3n) is 1.84. The summed E-state index contributed by atoms with van der Waals surface area (Å²) in [7, 11) is 0. The number of thiophene rings is 1. The van der Waals surface area contributed by atoms with E-state index in [4.69, 9.17) is 5.73 Å². The van der Waals surface area contributed by atoms with Crippen LogP contribution in [0.25, 0.3) is 0 Å². The molecule has 0 radical (unpaired) electrons. The van der Waals surface area contributed by atoms with E-state index in [9.17, 15) is 10.1 Å². The SMILES string of the molecule is C=CCC[C@H](N)c1ccc([N+](=O)[O-])s1. The molecule has 0 unspecified atom stereocenters. The highest BCUT2D eigenvalue weighted by atomic mass is 32.1. The number of nitrogens with two attached hydrogens (primary N) is 1. The van der Waals surface area contributed by atoms with Crippen molar-refractivity contribution in [1.29, 1.82) is 0 Å². The van der Waals surface area contributed by atoms with E-state index in [-0.39, 0.29) is 11.0 Å². The van der Waals surface area contributed by atoms with Crippen molar-refractivity contribution >= 4 is 16.3 Å². The van der Waals surface area contributed by atoms with Crippen LogP contribution >= 0.6 is 11.3 Å².